The maximum absolute atomic E-state index is 10.5. The summed E-state index contributed by atoms with van der Waals surface area (Å²) in [4.78, 5) is 10.1. The molecule has 0 heterocycles. The zero-order valence-corrected chi connectivity index (χ0v) is 10.6. The second-order valence-corrected chi connectivity index (χ2v) is 4.37. The molecule has 0 aromatic heterocycles. The Morgan fingerprint density at radius 3 is 2.11 bits per heavy atom. The number of nitro groups is 1. The average molecular weight is 283 g/mol. The molecular formula is C12H8Cl2N2O2. The number of anilines is 2. The maximum Gasteiger partial charge on any atom is 0.269 e. The first-order valence-corrected chi connectivity index (χ1v) is 5.78. The van der Waals surface area contributed by atoms with E-state index in [4.69, 9.17) is 23.2 Å². The molecule has 2 aromatic carbocycles. The predicted octanol–water partition coefficient (Wildman–Crippen LogP) is 4.65. The monoisotopic (exact) mass is 282 g/mol. The van der Waals surface area contributed by atoms with E-state index >= 15 is 0 Å². The Morgan fingerprint density at radius 2 is 1.56 bits per heavy atom. The summed E-state index contributed by atoms with van der Waals surface area (Å²) in [5, 5.41) is 14.5. The van der Waals surface area contributed by atoms with Crippen LogP contribution in [-0.4, -0.2) is 4.92 Å². The quantitative estimate of drug-likeness (QED) is 0.659. The molecule has 1 N–H and O–H groups in total. The normalized spacial score (nSPS) is 10.1. The summed E-state index contributed by atoms with van der Waals surface area (Å²) in [5.74, 6) is 0. The van der Waals surface area contributed by atoms with Crippen LogP contribution in [0.25, 0.3) is 0 Å². The van der Waals surface area contributed by atoms with Crippen molar-refractivity contribution in [1.29, 1.82) is 0 Å². The highest BCUT2D eigenvalue weighted by atomic mass is 35.5. The second kappa shape index (κ2) is 5.25. The SMILES string of the molecule is O=[N+]([O-])c1ccc(Nc2ccc(Cl)c(Cl)c2)cc1. The molecule has 6 heteroatoms. The van der Waals surface area contributed by atoms with Gasteiger partial charge in [0.15, 0.2) is 0 Å². The lowest BCUT2D eigenvalue weighted by atomic mass is 10.2. The molecule has 0 saturated carbocycles. The third-order valence-corrected chi connectivity index (χ3v) is 3.03. The van der Waals surface area contributed by atoms with Crippen LogP contribution in [0.1, 0.15) is 0 Å². The average Bonchev–Trinajstić information content (AvgIpc) is 2.34. The van der Waals surface area contributed by atoms with Crippen molar-refractivity contribution in [2.24, 2.45) is 0 Å². The molecule has 0 aliphatic heterocycles. The van der Waals surface area contributed by atoms with Gasteiger partial charge in [0.1, 0.15) is 0 Å². The molecule has 4 nitrogen and oxygen atoms in total. The molecule has 0 amide bonds. The van der Waals surface area contributed by atoms with Crippen LogP contribution in [0.3, 0.4) is 0 Å². The Kier molecular flexibility index (Phi) is 3.69. The van der Waals surface area contributed by atoms with Crippen molar-refractivity contribution >= 4 is 40.3 Å². The summed E-state index contributed by atoms with van der Waals surface area (Å²) in [5.41, 5.74) is 1.55. The molecule has 0 bridgehead atoms. The van der Waals surface area contributed by atoms with Crippen molar-refractivity contribution in [1.82, 2.24) is 0 Å². The molecule has 92 valence electrons. The van der Waals surface area contributed by atoms with Gasteiger partial charge in [0.25, 0.3) is 5.69 Å². The fourth-order valence-electron chi connectivity index (χ4n) is 1.41. The van der Waals surface area contributed by atoms with Crippen molar-refractivity contribution in [3.8, 4) is 0 Å². The Balaban J connectivity index is 2.18. The lowest BCUT2D eigenvalue weighted by Gasteiger charge is -2.07. The zero-order valence-electron chi connectivity index (χ0n) is 9.06. The van der Waals surface area contributed by atoms with Gasteiger partial charge in [-0.1, -0.05) is 23.2 Å². The number of rotatable bonds is 3. The Morgan fingerprint density at radius 1 is 0.944 bits per heavy atom. The molecule has 0 spiro atoms. The van der Waals surface area contributed by atoms with Crippen LogP contribution in [0.4, 0.5) is 17.1 Å². The number of nitrogens with one attached hydrogen (secondary N) is 1. The Labute approximate surface area is 113 Å². The van der Waals surface area contributed by atoms with Crippen molar-refractivity contribution in [2.45, 2.75) is 0 Å². The second-order valence-electron chi connectivity index (χ2n) is 3.56. The van der Waals surface area contributed by atoms with E-state index in [9.17, 15) is 10.1 Å². The van der Waals surface area contributed by atoms with Gasteiger partial charge in [0.05, 0.1) is 15.0 Å². The van der Waals surface area contributed by atoms with Crippen LogP contribution < -0.4 is 5.32 Å². The Bertz CT molecular complexity index is 585. The van der Waals surface area contributed by atoms with E-state index < -0.39 is 4.92 Å². The molecule has 18 heavy (non-hydrogen) atoms. The van der Waals surface area contributed by atoms with Gasteiger partial charge in [0.2, 0.25) is 0 Å². The number of halogens is 2. The number of nitro benzene ring substituents is 1. The highest BCUT2D eigenvalue weighted by Gasteiger charge is 2.04. The van der Waals surface area contributed by atoms with Crippen molar-refractivity contribution in [3.63, 3.8) is 0 Å². The number of non-ortho nitro benzene ring substituents is 1. The fourth-order valence-corrected chi connectivity index (χ4v) is 1.71. The molecule has 0 unspecified atom stereocenters. The predicted molar refractivity (Wildman–Crippen MR) is 72.8 cm³/mol. The maximum atomic E-state index is 10.5. The van der Waals surface area contributed by atoms with E-state index in [0.717, 1.165) is 11.4 Å². The number of hydrogen-bond acceptors (Lipinski definition) is 3. The molecule has 0 atom stereocenters. The van der Waals surface area contributed by atoms with Gasteiger partial charge < -0.3 is 5.32 Å². The van der Waals surface area contributed by atoms with Gasteiger partial charge in [-0.15, -0.1) is 0 Å². The summed E-state index contributed by atoms with van der Waals surface area (Å²) >= 11 is 11.7. The van der Waals surface area contributed by atoms with Gasteiger partial charge in [-0.2, -0.15) is 0 Å². The highest BCUT2D eigenvalue weighted by molar-refractivity contribution is 6.42. The van der Waals surface area contributed by atoms with Gasteiger partial charge in [-0.25, -0.2) is 0 Å². The standard InChI is InChI=1S/C12H8Cl2N2O2/c13-11-6-3-9(7-12(11)14)15-8-1-4-10(5-2-8)16(17)18/h1-7,15H. The van der Waals surface area contributed by atoms with Crippen LogP contribution in [0, 0.1) is 10.1 Å². The first-order valence-electron chi connectivity index (χ1n) is 5.03. The summed E-state index contributed by atoms with van der Waals surface area (Å²) in [6.45, 7) is 0. The third kappa shape index (κ3) is 2.91. The molecule has 0 aliphatic carbocycles. The first-order chi connectivity index (χ1) is 8.56. The van der Waals surface area contributed by atoms with Crippen LogP contribution in [-0.2, 0) is 0 Å². The minimum Gasteiger partial charge on any atom is -0.355 e. The van der Waals surface area contributed by atoms with Crippen LogP contribution in [0.5, 0.6) is 0 Å². The molecular weight excluding hydrogens is 275 g/mol. The molecule has 0 aliphatic rings. The largest absolute Gasteiger partial charge is 0.355 e. The smallest absolute Gasteiger partial charge is 0.269 e. The highest BCUT2D eigenvalue weighted by Crippen LogP contribution is 2.27. The summed E-state index contributed by atoms with van der Waals surface area (Å²) in [6, 6.07) is 11.2. The lowest BCUT2D eigenvalue weighted by molar-refractivity contribution is -0.384. The van der Waals surface area contributed by atoms with Gasteiger partial charge in [-0.3, -0.25) is 10.1 Å². The summed E-state index contributed by atoms with van der Waals surface area (Å²) < 4.78 is 0. The number of hydrogen-bond donors (Lipinski definition) is 1. The fraction of sp³-hybridized carbons (Fsp3) is 0. The number of benzene rings is 2. The Hall–Kier alpha value is -1.78. The lowest BCUT2D eigenvalue weighted by Crippen LogP contribution is -1.91. The van der Waals surface area contributed by atoms with Crippen molar-refractivity contribution in [3.05, 3.63) is 62.6 Å². The molecule has 0 fully saturated rings. The van der Waals surface area contributed by atoms with E-state index in [2.05, 4.69) is 5.32 Å². The van der Waals surface area contributed by atoms with Crippen molar-refractivity contribution in [2.75, 3.05) is 5.32 Å². The van der Waals surface area contributed by atoms with Gasteiger partial charge in [0, 0.05) is 23.5 Å². The van der Waals surface area contributed by atoms with Crippen LogP contribution >= 0.6 is 23.2 Å². The van der Waals surface area contributed by atoms with Gasteiger partial charge >= 0.3 is 0 Å². The molecule has 0 radical (unpaired) electrons. The summed E-state index contributed by atoms with van der Waals surface area (Å²) in [7, 11) is 0. The summed E-state index contributed by atoms with van der Waals surface area (Å²) in [6.07, 6.45) is 0. The van der Waals surface area contributed by atoms with Crippen LogP contribution in [0.2, 0.25) is 10.0 Å². The van der Waals surface area contributed by atoms with E-state index in [1.165, 1.54) is 12.1 Å². The van der Waals surface area contributed by atoms with E-state index in [1.54, 1.807) is 30.3 Å². The zero-order chi connectivity index (χ0) is 13.1. The van der Waals surface area contributed by atoms with E-state index in [0.29, 0.717) is 10.0 Å². The van der Waals surface area contributed by atoms with Crippen molar-refractivity contribution < 1.29 is 4.92 Å². The first kappa shape index (κ1) is 12.7. The minimum atomic E-state index is -0.442. The minimum absolute atomic E-state index is 0.0506. The molecule has 2 rings (SSSR count). The topological polar surface area (TPSA) is 55.2 Å². The number of nitrogens with zero attached hydrogens (tertiary/aromatic N) is 1. The van der Waals surface area contributed by atoms with Gasteiger partial charge in [-0.05, 0) is 30.3 Å². The molecule has 2 aromatic rings. The van der Waals surface area contributed by atoms with Crippen LogP contribution in [0.15, 0.2) is 42.5 Å². The third-order valence-electron chi connectivity index (χ3n) is 2.29. The van der Waals surface area contributed by atoms with E-state index in [1.807, 2.05) is 0 Å². The van der Waals surface area contributed by atoms with E-state index in [-0.39, 0.29) is 5.69 Å². The molecule has 0 saturated heterocycles.